The van der Waals surface area contributed by atoms with Crippen LogP contribution in [0.1, 0.15) is 5.56 Å². The summed E-state index contributed by atoms with van der Waals surface area (Å²) in [5.74, 6) is -0.470. The Balaban J connectivity index is 2.17. The largest absolute Gasteiger partial charge is 0.399 e. The number of carbonyl (C=O) groups excluding carboxylic acids is 1. The molecule has 0 fully saturated rings. The highest BCUT2D eigenvalue weighted by atomic mass is 35.5. The van der Waals surface area contributed by atoms with Crippen molar-refractivity contribution < 1.29 is 4.79 Å². The van der Waals surface area contributed by atoms with E-state index in [9.17, 15) is 9.59 Å². The number of nitrogens with zero attached hydrogens (tertiary/aromatic N) is 2. The normalized spacial score (nSPS) is 10.4. The smallest absolute Gasteiger partial charge is 0.267 e. The summed E-state index contributed by atoms with van der Waals surface area (Å²) in [6.45, 7) is 1.50. The van der Waals surface area contributed by atoms with Gasteiger partial charge in [-0.3, -0.25) is 9.59 Å². The molecule has 0 aliphatic heterocycles. The van der Waals surface area contributed by atoms with Gasteiger partial charge in [0, 0.05) is 11.8 Å². The topological polar surface area (TPSA) is 90.0 Å². The summed E-state index contributed by atoms with van der Waals surface area (Å²) in [5, 5.41) is 6.85. The van der Waals surface area contributed by atoms with E-state index in [2.05, 4.69) is 10.4 Å². The minimum Gasteiger partial charge on any atom is -0.399 e. The van der Waals surface area contributed by atoms with Crippen molar-refractivity contribution in [3.63, 3.8) is 0 Å². The molecule has 1 amide bonds. The summed E-state index contributed by atoms with van der Waals surface area (Å²) in [6, 6.07) is 4.34. The number of amides is 1. The van der Waals surface area contributed by atoms with Gasteiger partial charge in [0.25, 0.3) is 5.56 Å². The van der Waals surface area contributed by atoms with E-state index in [1.807, 2.05) is 0 Å². The van der Waals surface area contributed by atoms with Crippen LogP contribution >= 0.6 is 23.2 Å². The fourth-order valence-corrected chi connectivity index (χ4v) is 2.27. The van der Waals surface area contributed by atoms with E-state index < -0.39 is 5.91 Å². The highest BCUT2D eigenvalue weighted by molar-refractivity contribution is 6.40. The molecule has 2 aromatic rings. The van der Waals surface area contributed by atoms with Gasteiger partial charge in [0.15, 0.2) is 0 Å². The van der Waals surface area contributed by atoms with Crippen LogP contribution in [0.15, 0.2) is 29.2 Å². The van der Waals surface area contributed by atoms with Gasteiger partial charge in [-0.2, -0.15) is 5.10 Å². The van der Waals surface area contributed by atoms with Gasteiger partial charge in [-0.1, -0.05) is 23.2 Å². The molecule has 0 radical (unpaired) electrons. The molecule has 2 rings (SSSR count). The summed E-state index contributed by atoms with van der Waals surface area (Å²) in [6.07, 6.45) is 1.50. The third-order valence-electron chi connectivity index (χ3n) is 2.63. The zero-order valence-electron chi connectivity index (χ0n) is 11.1. The fraction of sp³-hybridized carbons (Fsp3) is 0.154. The number of carbonyl (C=O) groups is 1. The summed E-state index contributed by atoms with van der Waals surface area (Å²) >= 11 is 11.9. The van der Waals surface area contributed by atoms with Crippen molar-refractivity contribution in [2.24, 2.45) is 0 Å². The minimum absolute atomic E-state index is 0.220. The van der Waals surface area contributed by atoms with Crippen molar-refractivity contribution in [1.82, 2.24) is 9.78 Å². The second-order valence-corrected chi connectivity index (χ2v) is 5.25. The molecule has 21 heavy (non-hydrogen) atoms. The number of hydrogen-bond donors (Lipinski definition) is 2. The van der Waals surface area contributed by atoms with Gasteiger partial charge in [0.2, 0.25) is 5.91 Å². The Kier molecular flexibility index (Phi) is 4.50. The first-order valence-electron chi connectivity index (χ1n) is 5.95. The zero-order valence-corrected chi connectivity index (χ0v) is 12.6. The number of aryl methyl sites for hydroxylation is 1. The molecule has 3 N–H and O–H groups in total. The first-order chi connectivity index (χ1) is 9.86. The number of nitrogens with one attached hydrogen (secondary N) is 1. The highest BCUT2D eigenvalue weighted by Gasteiger charge is 2.12. The zero-order chi connectivity index (χ0) is 15.6. The number of halogens is 2. The van der Waals surface area contributed by atoms with Crippen molar-refractivity contribution in [1.29, 1.82) is 0 Å². The van der Waals surface area contributed by atoms with Gasteiger partial charge >= 0.3 is 0 Å². The molecule has 0 bridgehead atoms. The van der Waals surface area contributed by atoms with Gasteiger partial charge in [0.1, 0.15) is 6.54 Å². The molecule has 0 unspecified atom stereocenters. The van der Waals surface area contributed by atoms with E-state index in [1.165, 1.54) is 24.4 Å². The molecule has 0 aliphatic carbocycles. The van der Waals surface area contributed by atoms with Crippen LogP contribution in [-0.4, -0.2) is 15.7 Å². The number of anilines is 2. The Morgan fingerprint density at radius 3 is 2.52 bits per heavy atom. The van der Waals surface area contributed by atoms with Crippen LogP contribution in [0.2, 0.25) is 10.0 Å². The first-order valence-corrected chi connectivity index (χ1v) is 6.70. The monoisotopic (exact) mass is 326 g/mol. The molecule has 1 aromatic carbocycles. The second kappa shape index (κ2) is 6.15. The molecular weight excluding hydrogens is 315 g/mol. The molecule has 1 aromatic heterocycles. The lowest BCUT2D eigenvalue weighted by Crippen LogP contribution is -2.29. The molecule has 0 spiro atoms. The maximum Gasteiger partial charge on any atom is 0.267 e. The van der Waals surface area contributed by atoms with E-state index in [0.29, 0.717) is 5.69 Å². The predicted octanol–water partition coefficient (Wildman–Crippen LogP) is 2.08. The van der Waals surface area contributed by atoms with E-state index in [1.54, 1.807) is 6.92 Å². The van der Waals surface area contributed by atoms with Crippen molar-refractivity contribution >= 4 is 40.5 Å². The fourth-order valence-electron chi connectivity index (χ4n) is 1.67. The maximum absolute atomic E-state index is 11.9. The molecule has 6 nitrogen and oxygen atoms in total. The van der Waals surface area contributed by atoms with Crippen LogP contribution in [0.5, 0.6) is 0 Å². The molecule has 8 heteroatoms. The van der Waals surface area contributed by atoms with Gasteiger partial charge in [-0.15, -0.1) is 0 Å². The molecule has 0 atom stereocenters. The Morgan fingerprint density at radius 1 is 1.33 bits per heavy atom. The van der Waals surface area contributed by atoms with Crippen LogP contribution in [0.25, 0.3) is 0 Å². The third-order valence-corrected chi connectivity index (χ3v) is 3.22. The predicted molar refractivity (Wildman–Crippen MR) is 82.7 cm³/mol. The number of benzene rings is 1. The Bertz CT molecular complexity index is 735. The van der Waals surface area contributed by atoms with Crippen LogP contribution in [0.3, 0.4) is 0 Å². The quantitative estimate of drug-likeness (QED) is 0.845. The average Bonchev–Trinajstić information content (AvgIpc) is 2.37. The number of aromatic nitrogens is 2. The lowest BCUT2D eigenvalue weighted by atomic mass is 10.3. The van der Waals surface area contributed by atoms with E-state index in [-0.39, 0.29) is 27.8 Å². The number of nitrogen functional groups attached to an aromatic ring is 1. The van der Waals surface area contributed by atoms with E-state index >= 15 is 0 Å². The van der Waals surface area contributed by atoms with Gasteiger partial charge < -0.3 is 11.1 Å². The maximum atomic E-state index is 11.9. The summed E-state index contributed by atoms with van der Waals surface area (Å²) in [7, 11) is 0. The van der Waals surface area contributed by atoms with Crippen molar-refractivity contribution in [3.05, 3.63) is 50.4 Å². The van der Waals surface area contributed by atoms with E-state index in [4.69, 9.17) is 28.9 Å². The Hall–Kier alpha value is -2.05. The molecule has 1 heterocycles. The first kappa shape index (κ1) is 15.3. The van der Waals surface area contributed by atoms with Crippen LogP contribution in [-0.2, 0) is 11.3 Å². The number of nitrogens with two attached hydrogens (primary N) is 1. The molecule has 110 valence electrons. The third kappa shape index (κ3) is 3.74. The highest BCUT2D eigenvalue weighted by Crippen LogP contribution is 2.32. The van der Waals surface area contributed by atoms with Crippen LogP contribution in [0, 0.1) is 6.92 Å². The van der Waals surface area contributed by atoms with Crippen LogP contribution in [0.4, 0.5) is 11.4 Å². The minimum atomic E-state index is -0.470. The average molecular weight is 327 g/mol. The Labute approximate surface area is 130 Å². The van der Waals surface area contributed by atoms with Crippen molar-refractivity contribution in [2.75, 3.05) is 11.1 Å². The summed E-state index contributed by atoms with van der Waals surface area (Å²) in [4.78, 5) is 23.6. The molecule has 0 saturated heterocycles. The molecular formula is C13H12Cl2N4O2. The van der Waals surface area contributed by atoms with E-state index in [0.717, 1.165) is 10.2 Å². The lowest BCUT2D eigenvalue weighted by molar-refractivity contribution is -0.117. The van der Waals surface area contributed by atoms with Gasteiger partial charge in [-0.25, -0.2) is 4.68 Å². The van der Waals surface area contributed by atoms with Gasteiger partial charge in [-0.05, 0) is 24.6 Å². The SMILES string of the molecule is Cc1cnn(CC(=O)Nc2c(Cl)cc(N)cc2Cl)c(=O)c1. The summed E-state index contributed by atoms with van der Waals surface area (Å²) < 4.78 is 1.04. The molecule has 0 saturated carbocycles. The second-order valence-electron chi connectivity index (χ2n) is 4.44. The number of hydrogen-bond acceptors (Lipinski definition) is 4. The van der Waals surface area contributed by atoms with Gasteiger partial charge in [0.05, 0.1) is 21.9 Å². The van der Waals surface area contributed by atoms with Crippen molar-refractivity contribution in [2.45, 2.75) is 13.5 Å². The standard InChI is InChI=1S/C13H12Cl2N4O2/c1-7-2-12(21)19(17-5-7)6-11(20)18-13-9(14)3-8(16)4-10(13)15/h2-5H,6,16H2,1H3,(H,18,20). The number of rotatable bonds is 3. The van der Waals surface area contributed by atoms with Crippen molar-refractivity contribution in [3.8, 4) is 0 Å². The van der Waals surface area contributed by atoms with Crippen LogP contribution < -0.4 is 16.6 Å². The summed E-state index contributed by atoms with van der Waals surface area (Å²) in [5.41, 5.74) is 6.58. The molecule has 0 aliphatic rings. The Morgan fingerprint density at radius 2 is 1.95 bits per heavy atom. The lowest BCUT2D eigenvalue weighted by Gasteiger charge is -2.10.